The lowest BCUT2D eigenvalue weighted by atomic mass is 10.2. The number of rotatable bonds is 4. The van der Waals surface area contributed by atoms with Crippen LogP contribution in [0.4, 0.5) is 11.4 Å². The van der Waals surface area contributed by atoms with E-state index in [1.165, 1.54) is 22.8 Å². The summed E-state index contributed by atoms with van der Waals surface area (Å²) in [5.41, 5.74) is 8.06. The maximum atomic E-state index is 4.70. The summed E-state index contributed by atoms with van der Waals surface area (Å²) in [5, 5.41) is 0. The van der Waals surface area contributed by atoms with Crippen molar-refractivity contribution in [2.45, 2.75) is 20.8 Å². The highest BCUT2D eigenvalue weighted by Gasteiger charge is 2.10. The first-order valence-electron chi connectivity index (χ1n) is 8.64. The van der Waals surface area contributed by atoms with E-state index in [0.29, 0.717) is 0 Å². The number of hydrogen-bond acceptors (Lipinski definition) is 2. The van der Waals surface area contributed by atoms with Gasteiger partial charge in [0.25, 0.3) is 0 Å². The van der Waals surface area contributed by atoms with Crippen molar-refractivity contribution in [2.24, 2.45) is 4.99 Å². The zero-order chi connectivity index (χ0) is 18.8. The number of benzene rings is 2. The van der Waals surface area contributed by atoms with Crippen molar-refractivity contribution >= 4 is 33.5 Å². The molecule has 3 aromatic rings. The Kier molecular flexibility index (Phi) is 5.33. The van der Waals surface area contributed by atoms with Gasteiger partial charge in [-0.2, -0.15) is 0 Å². The standard InChI is InChI=1S/C22H24BrN3/c1-15-12-19(23)6-11-22(15)24-14-18-13-16(2)26(17(18)3)21-9-7-20(8-10-21)25(4)5/h6-14H,1-5H3. The van der Waals surface area contributed by atoms with E-state index in [9.17, 15) is 0 Å². The fourth-order valence-electron chi connectivity index (χ4n) is 3.12. The van der Waals surface area contributed by atoms with Crippen LogP contribution in [-0.4, -0.2) is 24.9 Å². The fraction of sp³-hybridized carbons (Fsp3) is 0.227. The molecule has 26 heavy (non-hydrogen) atoms. The van der Waals surface area contributed by atoms with E-state index in [-0.39, 0.29) is 0 Å². The summed E-state index contributed by atoms with van der Waals surface area (Å²) >= 11 is 3.50. The molecule has 134 valence electrons. The smallest absolute Gasteiger partial charge is 0.0659 e. The van der Waals surface area contributed by atoms with Gasteiger partial charge in [0.05, 0.1) is 5.69 Å². The molecule has 3 nitrogen and oxygen atoms in total. The lowest BCUT2D eigenvalue weighted by Crippen LogP contribution is -2.08. The van der Waals surface area contributed by atoms with Crippen LogP contribution in [-0.2, 0) is 0 Å². The van der Waals surface area contributed by atoms with Crippen LogP contribution in [0.5, 0.6) is 0 Å². The molecular formula is C22H24BrN3. The number of anilines is 1. The zero-order valence-electron chi connectivity index (χ0n) is 15.9. The van der Waals surface area contributed by atoms with Crippen LogP contribution in [0.25, 0.3) is 5.69 Å². The van der Waals surface area contributed by atoms with Gasteiger partial charge >= 0.3 is 0 Å². The van der Waals surface area contributed by atoms with Crippen LogP contribution in [0.15, 0.2) is 58.0 Å². The van der Waals surface area contributed by atoms with Crippen molar-refractivity contribution in [3.63, 3.8) is 0 Å². The van der Waals surface area contributed by atoms with Gasteiger partial charge in [0.1, 0.15) is 0 Å². The molecule has 0 atom stereocenters. The topological polar surface area (TPSA) is 20.5 Å². The molecule has 0 aliphatic rings. The van der Waals surface area contributed by atoms with E-state index in [2.05, 4.69) is 96.7 Å². The Labute approximate surface area is 164 Å². The second kappa shape index (κ2) is 7.50. The molecule has 0 unspecified atom stereocenters. The van der Waals surface area contributed by atoms with Crippen LogP contribution < -0.4 is 4.90 Å². The van der Waals surface area contributed by atoms with E-state index >= 15 is 0 Å². The predicted molar refractivity (Wildman–Crippen MR) is 116 cm³/mol. The number of aromatic nitrogens is 1. The minimum absolute atomic E-state index is 0.994. The SMILES string of the molecule is Cc1cc(Br)ccc1N=Cc1cc(C)n(-c2ccc(N(C)C)cc2)c1C. The molecule has 1 heterocycles. The summed E-state index contributed by atoms with van der Waals surface area (Å²) in [4.78, 5) is 6.81. The lowest BCUT2D eigenvalue weighted by Gasteiger charge is -2.14. The Morgan fingerprint density at radius 1 is 0.962 bits per heavy atom. The van der Waals surface area contributed by atoms with E-state index < -0.39 is 0 Å². The van der Waals surface area contributed by atoms with Crippen molar-refractivity contribution in [1.82, 2.24) is 4.57 Å². The summed E-state index contributed by atoms with van der Waals surface area (Å²) in [5.74, 6) is 0. The molecule has 0 aliphatic carbocycles. The van der Waals surface area contributed by atoms with Gasteiger partial charge in [0.2, 0.25) is 0 Å². The highest BCUT2D eigenvalue weighted by Crippen LogP contribution is 2.25. The molecule has 1 aromatic heterocycles. The molecule has 2 aromatic carbocycles. The molecule has 0 radical (unpaired) electrons. The highest BCUT2D eigenvalue weighted by atomic mass is 79.9. The molecule has 4 heteroatoms. The average molecular weight is 410 g/mol. The van der Waals surface area contributed by atoms with Gasteiger partial charge in [-0.25, -0.2) is 0 Å². The molecule has 0 fully saturated rings. The van der Waals surface area contributed by atoms with Crippen LogP contribution in [0, 0.1) is 20.8 Å². The van der Waals surface area contributed by atoms with Crippen molar-refractivity contribution in [2.75, 3.05) is 19.0 Å². The van der Waals surface area contributed by atoms with E-state index in [4.69, 9.17) is 4.99 Å². The van der Waals surface area contributed by atoms with Crippen molar-refractivity contribution < 1.29 is 0 Å². The second-order valence-corrected chi connectivity index (χ2v) is 7.68. The maximum Gasteiger partial charge on any atom is 0.0659 e. The first-order valence-corrected chi connectivity index (χ1v) is 9.43. The van der Waals surface area contributed by atoms with Crippen LogP contribution >= 0.6 is 15.9 Å². The Hall–Kier alpha value is -2.33. The van der Waals surface area contributed by atoms with Gasteiger partial charge in [-0.15, -0.1) is 0 Å². The average Bonchev–Trinajstić information content (AvgIpc) is 2.88. The zero-order valence-corrected chi connectivity index (χ0v) is 17.5. The predicted octanol–water partition coefficient (Wildman–Crippen LogP) is 5.98. The molecular weight excluding hydrogens is 386 g/mol. The lowest BCUT2D eigenvalue weighted by molar-refractivity contribution is 0.963. The highest BCUT2D eigenvalue weighted by molar-refractivity contribution is 9.10. The van der Waals surface area contributed by atoms with Gasteiger partial charge in [0.15, 0.2) is 0 Å². The Morgan fingerprint density at radius 3 is 2.27 bits per heavy atom. The van der Waals surface area contributed by atoms with Gasteiger partial charge in [-0.05, 0) is 74.9 Å². The Balaban J connectivity index is 1.94. The summed E-state index contributed by atoms with van der Waals surface area (Å²) in [6.45, 7) is 6.35. The maximum absolute atomic E-state index is 4.70. The van der Waals surface area contributed by atoms with Crippen LogP contribution in [0.3, 0.4) is 0 Å². The van der Waals surface area contributed by atoms with E-state index in [1.54, 1.807) is 0 Å². The van der Waals surface area contributed by atoms with Crippen LogP contribution in [0.2, 0.25) is 0 Å². The third-order valence-electron chi connectivity index (χ3n) is 4.60. The molecule has 0 aliphatic heterocycles. The van der Waals surface area contributed by atoms with E-state index in [0.717, 1.165) is 21.3 Å². The van der Waals surface area contributed by atoms with Gasteiger partial charge in [-0.3, -0.25) is 4.99 Å². The Bertz CT molecular complexity index is 950. The number of aliphatic imine (C=N–C) groups is 1. The number of nitrogens with zero attached hydrogens (tertiary/aromatic N) is 3. The van der Waals surface area contributed by atoms with Gasteiger partial charge < -0.3 is 9.47 Å². The number of hydrogen-bond donors (Lipinski definition) is 0. The largest absolute Gasteiger partial charge is 0.378 e. The van der Waals surface area contributed by atoms with Crippen molar-refractivity contribution in [3.05, 3.63) is 75.5 Å². The number of halogens is 1. The molecule has 0 saturated carbocycles. The third kappa shape index (κ3) is 3.75. The minimum atomic E-state index is 0.994. The fourth-order valence-corrected chi connectivity index (χ4v) is 3.59. The first kappa shape index (κ1) is 18.5. The summed E-state index contributed by atoms with van der Waals surface area (Å²) < 4.78 is 3.35. The summed E-state index contributed by atoms with van der Waals surface area (Å²) in [7, 11) is 4.11. The van der Waals surface area contributed by atoms with Crippen LogP contribution in [0.1, 0.15) is 22.5 Å². The molecule has 3 rings (SSSR count). The summed E-state index contributed by atoms with van der Waals surface area (Å²) in [6, 6.07) is 16.9. The normalized spacial score (nSPS) is 11.3. The molecule has 0 bridgehead atoms. The van der Waals surface area contributed by atoms with Crippen molar-refractivity contribution in [3.8, 4) is 5.69 Å². The third-order valence-corrected chi connectivity index (χ3v) is 5.09. The van der Waals surface area contributed by atoms with Gasteiger partial charge in [-0.1, -0.05) is 15.9 Å². The summed E-state index contributed by atoms with van der Waals surface area (Å²) in [6.07, 6.45) is 1.96. The monoisotopic (exact) mass is 409 g/mol. The minimum Gasteiger partial charge on any atom is -0.378 e. The molecule has 0 N–H and O–H groups in total. The van der Waals surface area contributed by atoms with Gasteiger partial charge in [0, 0.05) is 53.1 Å². The number of aryl methyl sites for hydroxylation is 2. The molecule has 0 saturated heterocycles. The van der Waals surface area contributed by atoms with E-state index in [1.807, 2.05) is 18.3 Å². The quantitative estimate of drug-likeness (QED) is 0.485. The first-order chi connectivity index (χ1) is 12.4. The molecule has 0 amide bonds. The second-order valence-electron chi connectivity index (χ2n) is 6.76. The Morgan fingerprint density at radius 2 is 1.65 bits per heavy atom. The molecule has 0 spiro atoms. The van der Waals surface area contributed by atoms with Crippen molar-refractivity contribution in [1.29, 1.82) is 0 Å².